The van der Waals surface area contributed by atoms with Crippen molar-refractivity contribution in [3.05, 3.63) is 70.2 Å². The van der Waals surface area contributed by atoms with Crippen molar-refractivity contribution in [2.24, 2.45) is 0 Å². The van der Waals surface area contributed by atoms with Gasteiger partial charge in [0.05, 0.1) is 0 Å². The summed E-state index contributed by atoms with van der Waals surface area (Å²) in [7, 11) is 0. The van der Waals surface area contributed by atoms with Crippen LogP contribution in [0.15, 0.2) is 59.1 Å². The van der Waals surface area contributed by atoms with Crippen LogP contribution in [0, 0.1) is 0 Å². The molecule has 0 aromatic heterocycles. The number of halogens is 1. The predicted octanol–water partition coefficient (Wildman–Crippen LogP) is 4.52. The zero-order valence-electron chi connectivity index (χ0n) is 11.2. The molecule has 0 N–H and O–H groups in total. The van der Waals surface area contributed by atoms with Crippen LogP contribution in [0.2, 0.25) is 0 Å². The standard InChI is InChI=1S/C17H17BrO2/c18-16-11-9-14(10-12-16)7-4-8-17(19)20-13-15-5-2-1-3-6-15/h1-3,5-6,9-12H,4,7-8,13H2. The van der Waals surface area contributed by atoms with E-state index in [1.165, 1.54) is 5.56 Å². The molecule has 2 aromatic carbocycles. The number of carbonyl (C=O) groups excluding carboxylic acids is 1. The molecule has 20 heavy (non-hydrogen) atoms. The van der Waals surface area contributed by atoms with Gasteiger partial charge in [-0.25, -0.2) is 0 Å². The summed E-state index contributed by atoms with van der Waals surface area (Å²) in [4.78, 5) is 11.6. The average Bonchev–Trinajstić information content (AvgIpc) is 2.48. The molecule has 0 saturated heterocycles. The van der Waals surface area contributed by atoms with Gasteiger partial charge < -0.3 is 4.74 Å². The SMILES string of the molecule is O=C(CCCc1ccc(Br)cc1)OCc1ccccc1. The third kappa shape index (κ3) is 5.17. The van der Waals surface area contributed by atoms with Crippen LogP contribution in [0.3, 0.4) is 0 Å². The number of hydrogen-bond donors (Lipinski definition) is 0. The van der Waals surface area contributed by atoms with Gasteiger partial charge in [-0.2, -0.15) is 0 Å². The van der Waals surface area contributed by atoms with Gasteiger partial charge in [-0.1, -0.05) is 58.4 Å². The van der Waals surface area contributed by atoms with Crippen LogP contribution in [-0.4, -0.2) is 5.97 Å². The zero-order valence-corrected chi connectivity index (χ0v) is 12.8. The molecular formula is C17H17BrO2. The number of ether oxygens (including phenoxy) is 1. The number of benzene rings is 2. The number of hydrogen-bond acceptors (Lipinski definition) is 2. The molecule has 0 fully saturated rings. The number of aryl methyl sites for hydroxylation is 1. The maximum Gasteiger partial charge on any atom is 0.306 e. The van der Waals surface area contributed by atoms with E-state index in [-0.39, 0.29) is 5.97 Å². The van der Waals surface area contributed by atoms with Gasteiger partial charge in [-0.05, 0) is 36.1 Å². The van der Waals surface area contributed by atoms with Crippen molar-refractivity contribution in [3.8, 4) is 0 Å². The quantitative estimate of drug-likeness (QED) is 0.727. The Labute approximate surface area is 127 Å². The molecule has 0 spiro atoms. The fraction of sp³-hybridized carbons (Fsp3) is 0.235. The second-order valence-corrected chi connectivity index (χ2v) is 5.54. The van der Waals surface area contributed by atoms with Gasteiger partial charge >= 0.3 is 5.97 Å². The number of carbonyl (C=O) groups is 1. The van der Waals surface area contributed by atoms with E-state index >= 15 is 0 Å². The van der Waals surface area contributed by atoms with Crippen LogP contribution < -0.4 is 0 Å². The number of esters is 1. The first kappa shape index (κ1) is 14.8. The van der Waals surface area contributed by atoms with Crippen molar-refractivity contribution in [2.75, 3.05) is 0 Å². The Balaban J connectivity index is 1.66. The molecule has 0 atom stereocenters. The first-order valence-electron chi connectivity index (χ1n) is 6.68. The van der Waals surface area contributed by atoms with Crippen molar-refractivity contribution in [2.45, 2.75) is 25.9 Å². The molecule has 2 nitrogen and oxygen atoms in total. The van der Waals surface area contributed by atoms with Gasteiger partial charge in [0.15, 0.2) is 0 Å². The number of rotatable bonds is 6. The maximum atomic E-state index is 11.6. The lowest BCUT2D eigenvalue weighted by molar-refractivity contribution is -0.145. The van der Waals surface area contributed by atoms with Crippen LogP contribution in [0.4, 0.5) is 0 Å². The first-order chi connectivity index (χ1) is 9.74. The molecule has 2 rings (SSSR count). The summed E-state index contributed by atoms with van der Waals surface area (Å²) in [5.41, 5.74) is 2.26. The first-order valence-corrected chi connectivity index (χ1v) is 7.47. The molecular weight excluding hydrogens is 316 g/mol. The Bertz CT molecular complexity index is 535. The third-order valence-electron chi connectivity index (χ3n) is 3.00. The molecule has 0 heterocycles. The highest BCUT2D eigenvalue weighted by molar-refractivity contribution is 9.10. The topological polar surface area (TPSA) is 26.3 Å². The van der Waals surface area contributed by atoms with E-state index in [1.807, 2.05) is 42.5 Å². The maximum absolute atomic E-state index is 11.6. The minimum atomic E-state index is -0.133. The molecule has 0 bridgehead atoms. The van der Waals surface area contributed by atoms with Gasteiger partial charge in [-0.15, -0.1) is 0 Å². The van der Waals surface area contributed by atoms with Gasteiger partial charge in [0.25, 0.3) is 0 Å². The van der Waals surface area contributed by atoms with Crippen molar-refractivity contribution >= 4 is 21.9 Å². The van der Waals surface area contributed by atoms with Crippen LogP contribution in [0.1, 0.15) is 24.0 Å². The van der Waals surface area contributed by atoms with Crippen molar-refractivity contribution in [3.63, 3.8) is 0 Å². The van der Waals surface area contributed by atoms with E-state index < -0.39 is 0 Å². The second kappa shape index (κ2) is 7.85. The highest BCUT2D eigenvalue weighted by atomic mass is 79.9. The van der Waals surface area contributed by atoms with Crippen LogP contribution in [0.25, 0.3) is 0 Å². The fourth-order valence-electron chi connectivity index (χ4n) is 1.90. The zero-order chi connectivity index (χ0) is 14.2. The predicted molar refractivity (Wildman–Crippen MR) is 83.3 cm³/mol. The Morgan fingerprint density at radius 2 is 1.65 bits per heavy atom. The molecule has 0 aliphatic carbocycles. The van der Waals surface area contributed by atoms with Crippen LogP contribution in [-0.2, 0) is 22.6 Å². The lowest BCUT2D eigenvalue weighted by Gasteiger charge is -2.05. The van der Waals surface area contributed by atoms with E-state index in [2.05, 4.69) is 28.1 Å². The molecule has 3 heteroatoms. The summed E-state index contributed by atoms with van der Waals surface area (Å²) in [5, 5.41) is 0. The largest absolute Gasteiger partial charge is 0.461 e. The fourth-order valence-corrected chi connectivity index (χ4v) is 2.16. The Hall–Kier alpha value is -1.61. The van der Waals surface area contributed by atoms with Crippen molar-refractivity contribution < 1.29 is 9.53 Å². The lowest BCUT2D eigenvalue weighted by atomic mass is 10.1. The molecule has 0 aliphatic rings. The molecule has 0 unspecified atom stereocenters. The Kier molecular flexibility index (Phi) is 5.81. The summed E-state index contributed by atoms with van der Waals surface area (Å²) in [5.74, 6) is -0.133. The second-order valence-electron chi connectivity index (χ2n) is 4.63. The highest BCUT2D eigenvalue weighted by Gasteiger charge is 2.03. The van der Waals surface area contributed by atoms with Crippen LogP contribution in [0.5, 0.6) is 0 Å². The van der Waals surface area contributed by atoms with Crippen LogP contribution >= 0.6 is 15.9 Å². The van der Waals surface area contributed by atoms with E-state index in [9.17, 15) is 4.79 Å². The molecule has 2 aromatic rings. The average molecular weight is 333 g/mol. The van der Waals surface area contributed by atoms with E-state index in [4.69, 9.17) is 4.74 Å². The van der Waals surface area contributed by atoms with Gasteiger partial charge in [0, 0.05) is 10.9 Å². The summed E-state index contributed by atoms with van der Waals surface area (Å²) >= 11 is 3.41. The van der Waals surface area contributed by atoms with Crippen molar-refractivity contribution in [1.82, 2.24) is 0 Å². The molecule has 104 valence electrons. The van der Waals surface area contributed by atoms with E-state index in [0.29, 0.717) is 13.0 Å². The molecule has 0 radical (unpaired) electrons. The third-order valence-corrected chi connectivity index (χ3v) is 3.53. The highest BCUT2D eigenvalue weighted by Crippen LogP contribution is 2.12. The summed E-state index contributed by atoms with van der Waals surface area (Å²) in [6, 6.07) is 17.9. The van der Waals surface area contributed by atoms with Gasteiger partial charge in [-0.3, -0.25) is 4.79 Å². The summed E-state index contributed by atoms with van der Waals surface area (Å²) in [6.45, 7) is 0.359. The molecule has 0 saturated carbocycles. The summed E-state index contributed by atoms with van der Waals surface area (Å²) in [6.07, 6.45) is 2.17. The monoisotopic (exact) mass is 332 g/mol. The summed E-state index contributed by atoms with van der Waals surface area (Å²) < 4.78 is 6.31. The van der Waals surface area contributed by atoms with Gasteiger partial charge in [0.2, 0.25) is 0 Å². The molecule has 0 aliphatic heterocycles. The Morgan fingerprint density at radius 1 is 0.950 bits per heavy atom. The minimum absolute atomic E-state index is 0.133. The van der Waals surface area contributed by atoms with Gasteiger partial charge in [0.1, 0.15) is 6.61 Å². The minimum Gasteiger partial charge on any atom is -0.461 e. The van der Waals surface area contributed by atoms with Crippen molar-refractivity contribution in [1.29, 1.82) is 0 Å². The smallest absolute Gasteiger partial charge is 0.306 e. The lowest BCUT2D eigenvalue weighted by Crippen LogP contribution is -2.04. The molecule has 0 amide bonds. The normalized spacial score (nSPS) is 10.2. The Morgan fingerprint density at radius 3 is 2.35 bits per heavy atom. The van der Waals surface area contributed by atoms with E-state index in [1.54, 1.807) is 0 Å². The van der Waals surface area contributed by atoms with E-state index in [0.717, 1.165) is 22.9 Å².